The van der Waals surface area contributed by atoms with E-state index in [-0.39, 0.29) is 17.9 Å². The number of hydrogen-bond donors (Lipinski definition) is 1. The summed E-state index contributed by atoms with van der Waals surface area (Å²) in [4.78, 5) is 12.1. The van der Waals surface area contributed by atoms with Gasteiger partial charge in [-0.1, -0.05) is 43.7 Å². The summed E-state index contributed by atoms with van der Waals surface area (Å²) in [5.41, 5.74) is 2.49. The fourth-order valence-corrected chi connectivity index (χ4v) is 2.31. The molecular formula is C18H29NO2. The number of carbonyl (C=O) groups is 1. The van der Waals surface area contributed by atoms with Gasteiger partial charge in [0.2, 0.25) is 5.91 Å². The van der Waals surface area contributed by atoms with Gasteiger partial charge in [-0.25, -0.2) is 0 Å². The van der Waals surface area contributed by atoms with E-state index in [4.69, 9.17) is 4.74 Å². The molecule has 1 aromatic carbocycles. The highest BCUT2D eigenvalue weighted by atomic mass is 16.5. The van der Waals surface area contributed by atoms with E-state index in [1.54, 1.807) is 0 Å². The monoisotopic (exact) mass is 291 g/mol. The lowest BCUT2D eigenvalue weighted by atomic mass is 9.85. The van der Waals surface area contributed by atoms with Gasteiger partial charge >= 0.3 is 0 Å². The molecule has 3 nitrogen and oxygen atoms in total. The fraction of sp³-hybridized carbons (Fsp3) is 0.611. The van der Waals surface area contributed by atoms with Crippen LogP contribution in [-0.2, 0) is 9.53 Å². The average molecular weight is 291 g/mol. The molecule has 0 aliphatic carbocycles. The van der Waals surface area contributed by atoms with Crippen LogP contribution in [0.4, 0.5) is 0 Å². The van der Waals surface area contributed by atoms with Crippen LogP contribution in [-0.4, -0.2) is 25.2 Å². The Labute approximate surface area is 129 Å². The lowest BCUT2D eigenvalue weighted by molar-refractivity contribution is -0.122. The molecule has 1 rings (SSSR count). The fourth-order valence-electron chi connectivity index (χ4n) is 2.31. The maximum absolute atomic E-state index is 12.1. The number of aryl methyl sites for hydroxylation is 1. The minimum atomic E-state index is 0.0987. The molecule has 0 fully saturated rings. The van der Waals surface area contributed by atoms with Crippen molar-refractivity contribution >= 4 is 5.91 Å². The van der Waals surface area contributed by atoms with Crippen molar-refractivity contribution in [2.45, 2.75) is 53.1 Å². The summed E-state index contributed by atoms with van der Waals surface area (Å²) in [6, 6.07) is 8.49. The molecule has 0 aromatic heterocycles. The van der Waals surface area contributed by atoms with E-state index < -0.39 is 0 Å². The van der Waals surface area contributed by atoms with Crippen molar-refractivity contribution in [2.75, 3.05) is 13.2 Å². The Balaban J connectivity index is 2.51. The molecule has 1 amide bonds. The number of hydrogen-bond acceptors (Lipinski definition) is 2. The zero-order valence-corrected chi connectivity index (χ0v) is 14.0. The number of amides is 1. The third-order valence-electron chi connectivity index (χ3n) is 3.59. The molecule has 0 radical (unpaired) electrons. The van der Waals surface area contributed by atoms with E-state index in [1.165, 1.54) is 11.1 Å². The second-order valence-electron chi connectivity index (χ2n) is 6.23. The van der Waals surface area contributed by atoms with Gasteiger partial charge in [-0.2, -0.15) is 0 Å². The van der Waals surface area contributed by atoms with E-state index in [0.29, 0.717) is 25.5 Å². The summed E-state index contributed by atoms with van der Waals surface area (Å²) in [6.07, 6.45) is 0.737. The van der Waals surface area contributed by atoms with Crippen molar-refractivity contribution in [2.24, 2.45) is 5.92 Å². The van der Waals surface area contributed by atoms with Crippen LogP contribution in [0.2, 0.25) is 0 Å². The second kappa shape index (κ2) is 8.83. The second-order valence-corrected chi connectivity index (χ2v) is 6.23. The quantitative estimate of drug-likeness (QED) is 0.742. The van der Waals surface area contributed by atoms with Crippen LogP contribution >= 0.6 is 0 Å². The molecule has 0 spiro atoms. The van der Waals surface area contributed by atoms with Gasteiger partial charge in [0, 0.05) is 13.0 Å². The van der Waals surface area contributed by atoms with E-state index in [9.17, 15) is 4.79 Å². The predicted octanol–water partition coefficient (Wildman–Crippen LogP) is 3.67. The maximum Gasteiger partial charge on any atom is 0.220 e. The Morgan fingerprint density at radius 1 is 1.14 bits per heavy atom. The van der Waals surface area contributed by atoms with Crippen LogP contribution in [0.1, 0.15) is 51.2 Å². The zero-order chi connectivity index (χ0) is 15.8. The van der Waals surface area contributed by atoms with Crippen molar-refractivity contribution in [1.82, 2.24) is 5.32 Å². The van der Waals surface area contributed by atoms with Gasteiger partial charge < -0.3 is 10.1 Å². The highest BCUT2D eigenvalue weighted by Gasteiger charge is 2.19. The van der Waals surface area contributed by atoms with Crippen LogP contribution in [0, 0.1) is 12.8 Å². The van der Waals surface area contributed by atoms with Crippen LogP contribution in [0.15, 0.2) is 24.3 Å². The Morgan fingerprint density at radius 3 is 2.29 bits per heavy atom. The first-order chi connectivity index (χ1) is 9.90. The lowest BCUT2D eigenvalue weighted by Gasteiger charge is -2.21. The lowest BCUT2D eigenvalue weighted by Crippen LogP contribution is -2.30. The van der Waals surface area contributed by atoms with Crippen molar-refractivity contribution in [1.29, 1.82) is 0 Å². The average Bonchev–Trinajstić information content (AvgIpc) is 2.41. The minimum absolute atomic E-state index is 0.0987. The minimum Gasteiger partial charge on any atom is -0.377 e. The van der Waals surface area contributed by atoms with Gasteiger partial charge in [-0.05, 0) is 38.2 Å². The van der Waals surface area contributed by atoms with Gasteiger partial charge in [-0.3, -0.25) is 4.79 Å². The molecule has 3 heteroatoms. The van der Waals surface area contributed by atoms with Crippen molar-refractivity contribution in [3.8, 4) is 0 Å². The van der Waals surface area contributed by atoms with Crippen molar-refractivity contribution in [3.05, 3.63) is 35.4 Å². The van der Waals surface area contributed by atoms with Crippen LogP contribution < -0.4 is 5.32 Å². The van der Waals surface area contributed by atoms with Gasteiger partial charge in [0.15, 0.2) is 0 Å². The molecule has 1 aromatic rings. The maximum atomic E-state index is 12.1. The van der Waals surface area contributed by atoms with Gasteiger partial charge in [0.05, 0.1) is 12.7 Å². The summed E-state index contributed by atoms with van der Waals surface area (Å²) >= 11 is 0. The van der Waals surface area contributed by atoms with E-state index in [2.05, 4.69) is 50.4 Å². The molecule has 0 bridgehead atoms. The summed E-state index contributed by atoms with van der Waals surface area (Å²) < 4.78 is 5.43. The Kier molecular flexibility index (Phi) is 7.44. The first-order valence-corrected chi connectivity index (χ1v) is 7.85. The summed E-state index contributed by atoms with van der Waals surface area (Å²) in [6.45, 7) is 11.5. The number of rotatable bonds is 8. The molecular weight excluding hydrogens is 262 g/mol. The summed E-state index contributed by atoms with van der Waals surface area (Å²) in [5, 5.41) is 2.94. The number of carbonyl (C=O) groups excluding carboxylic acids is 1. The predicted molar refractivity (Wildman–Crippen MR) is 87.5 cm³/mol. The summed E-state index contributed by atoms with van der Waals surface area (Å²) in [5.74, 6) is 0.795. The van der Waals surface area contributed by atoms with E-state index >= 15 is 0 Å². The van der Waals surface area contributed by atoms with Crippen molar-refractivity contribution in [3.63, 3.8) is 0 Å². The molecule has 1 N–H and O–H groups in total. The number of benzene rings is 1. The molecule has 0 saturated carbocycles. The molecule has 0 saturated heterocycles. The van der Waals surface area contributed by atoms with Gasteiger partial charge in [0.1, 0.15) is 0 Å². The zero-order valence-electron chi connectivity index (χ0n) is 14.0. The van der Waals surface area contributed by atoms with Crippen LogP contribution in [0.3, 0.4) is 0 Å². The largest absolute Gasteiger partial charge is 0.377 e. The normalized spacial score (nSPS) is 12.7. The molecule has 0 heterocycles. The van der Waals surface area contributed by atoms with Crippen molar-refractivity contribution < 1.29 is 9.53 Å². The molecule has 21 heavy (non-hydrogen) atoms. The third kappa shape index (κ3) is 6.76. The molecule has 1 unspecified atom stereocenters. The van der Waals surface area contributed by atoms with Crippen LogP contribution in [0.25, 0.3) is 0 Å². The highest BCUT2D eigenvalue weighted by Crippen LogP contribution is 2.28. The number of nitrogens with one attached hydrogen (secondary N) is 1. The highest BCUT2D eigenvalue weighted by molar-refractivity contribution is 5.76. The standard InChI is InChI=1S/C18H29NO2/c1-13(2)17(16-8-6-15(5)7-9-16)12-18(20)19-10-11-21-14(3)4/h6-9,13-14,17H,10-12H2,1-5H3,(H,19,20). The molecule has 1 atom stereocenters. The third-order valence-corrected chi connectivity index (χ3v) is 3.59. The SMILES string of the molecule is Cc1ccc(C(CC(=O)NCCOC(C)C)C(C)C)cc1. The molecule has 0 aliphatic heterocycles. The van der Waals surface area contributed by atoms with Gasteiger partial charge in [0.25, 0.3) is 0 Å². The first-order valence-electron chi connectivity index (χ1n) is 7.85. The molecule has 0 aliphatic rings. The van der Waals surface area contributed by atoms with Crippen LogP contribution in [0.5, 0.6) is 0 Å². The molecule has 118 valence electrons. The smallest absolute Gasteiger partial charge is 0.220 e. The Hall–Kier alpha value is -1.35. The van der Waals surface area contributed by atoms with E-state index in [1.807, 2.05) is 13.8 Å². The van der Waals surface area contributed by atoms with Gasteiger partial charge in [-0.15, -0.1) is 0 Å². The number of ether oxygens (including phenoxy) is 1. The topological polar surface area (TPSA) is 38.3 Å². The van der Waals surface area contributed by atoms with E-state index in [0.717, 1.165) is 0 Å². The summed E-state index contributed by atoms with van der Waals surface area (Å²) in [7, 11) is 0. The Bertz CT molecular complexity index is 423. The Morgan fingerprint density at radius 2 is 1.76 bits per heavy atom. The first kappa shape index (κ1) is 17.7.